The second-order valence-electron chi connectivity index (χ2n) is 12.7. The van der Waals surface area contributed by atoms with Crippen LogP contribution in [0.15, 0.2) is 90.0 Å². The van der Waals surface area contributed by atoms with Gasteiger partial charge in [-0.25, -0.2) is 0 Å². The number of hydrogen-bond acceptors (Lipinski definition) is 11. The van der Waals surface area contributed by atoms with Crippen molar-refractivity contribution >= 4 is 17.6 Å². The van der Waals surface area contributed by atoms with Crippen LogP contribution in [0.3, 0.4) is 0 Å². The molecule has 4 aromatic rings. The zero-order valence-corrected chi connectivity index (χ0v) is 33.5. The van der Waals surface area contributed by atoms with Crippen LogP contribution >= 0.6 is 0 Å². The molecule has 0 saturated carbocycles. The van der Waals surface area contributed by atoms with Crippen molar-refractivity contribution in [1.29, 1.82) is 0 Å². The molecule has 1 atom stereocenters. The number of aromatic hydroxyl groups is 5. The molecule has 1 aliphatic heterocycles. The van der Waals surface area contributed by atoms with E-state index in [4.69, 9.17) is 14.2 Å². The Bertz CT molecular complexity index is 2020. The predicted molar refractivity (Wildman–Crippen MR) is 201 cm³/mol. The van der Waals surface area contributed by atoms with E-state index in [9.17, 15) is 35.1 Å². The molecule has 54 heavy (non-hydrogen) atoms. The zero-order chi connectivity index (χ0) is 38.1. The van der Waals surface area contributed by atoms with Crippen molar-refractivity contribution in [2.24, 2.45) is 0 Å². The molecule has 5 rings (SSSR count). The Balaban J connectivity index is 0.000000360. The molecular formula is C42H45NaO11. The van der Waals surface area contributed by atoms with Crippen molar-refractivity contribution < 1.29 is 84.4 Å². The Hall–Kier alpha value is -5.20. The first-order valence-electron chi connectivity index (χ1n) is 16.6. The van der Waals surface area contributed by atoms with E-state index in [0.717, 1.165) is 22.3 Å². The topological polar surface area (TPSA) is 193 Å². The normalized spacial score (nSPS) is 12.8. The first-order valence-corrected chi connectivity index (χ1v) is 16.6. The minimum atomic E-state index is -0.479. The number of hydrogen-bond donors (Lipinski definition) is 5. The second-order valence-corrected chi connectivity index (χ2v) is 12.7. The van der Waals surface area contributed by atoms with Crippen LogP contribution in [0.2, 0.25) is 0 Å². The molecular weight excluding hydrogens is 703 g/mol. The number of rotatable bonds is 10. The van der Waals surface area contributed by atoms with Gasteiger partial charge in [-0.3, -0.25) is 9.59 Å². The molecule has 0 bridgehead atoms. The standard InChI is InChI=1S/2C21H22O5.Na.H2O/c1-12(2)4-9-15-16(23)10-19(25-3)20-17(24)11-18(26-21(15)20)13-5-7-14(22)8-6-13;1-13(2)4-10-16-18(24)12-19(26-3)20(21(16)25)17(23)11-7-14-5-8-15(22)9-6-14;;/h4-8,10,18,22-23H,9,11H2,1-3H3;4-9,11-12,22,24-25H,10H2,1-3H3;;1H2/q;;+1;/p-1/b;11-7+;;. The summed E-state index contributed by atoms with van der Waals surface area (Å²) in [4.78, 5) is 25.4. The van der Waals surface area contributed by atoms with Crippen molar-refractivity contribution in [2.75, 3.05) is 14.2 Å². The van der Waals surface area contributed by atoms with Crippen LogP contribution in [0.4, 0.5) is 0 Å². The number of allylic oxidation sites excluding steroid dienone is 5. The van der Waals surface area contributed by atoms with Gasteiger partial charge in [0.05, 0.1) is 20.6 Å². The van der Waals surface area contributed by atoms with Crippen LogP contribution in [-0.4, -0.2) is 56.8 Å². The molecule has 4 aromatic carbocycles. The fourth-order valence-electron chi connectivity index (χ4n) is 5.47. The molecule has 12 heteroatoms. The molecule has 1 unspecified atom stereocenters. The molecule has 0 aromatic heterocycles. The van der Waals surface area contributed by atoms with E-state index in [2.05, 4.69) is 0 Å². The minimum Gasteiger partial charge on any atom is -0.870 e. The number of ether oxygens (including phenoxy) is 3. The van der Waals surface area contributed by atoms with Crippen molar-refractivity contribution in [3.05, 3.63) is 123 Å². The minimum absolute atomic E-state index is 0. The van der Waals surface area contributed by atoms with Crippen LogP contribution in [0, 0.1) is 0 Å². The van der Waals surface area contributed by atoms with Crippen LogP contribution in [-0.2, 0) is 12.8 Å². The van der Waals surface area contributed by atoms with E-state index in [0.29, 0.717) is 35.5 Å². The summed E-state index contributed by atoms with van der Waals surface area (Å²) in [5.74, 6) is 0.135. The van der Waals surface area contributed by atoms with Gasteiger partial charge in [0, 0.05) is 23.3 Å². The molecule has 1 heterocycles. The van der Waals surface area contributed by atoms with E-state index in [1.807, 2.05) is 39.8 Å². The van der Waals surface area contributed by atoms with Crippen LogP contribution < -0.4 is 43.8 Å². The zero-order valence-electron chi connectivity index (χ0n) is 31.5. The monoisotopic (exact) mass is 748 g/mol. The maximum absolute atomic E-state index is 12.8. The van der Waals surface area contributed by atoms with Gasteiger partial charge in [0.25, 0.3) is 0 Å². The van der Waals surface area contributed by atoms with Gasteiger partial charge in [-0.2, -0.15) is 0 Å². The average molecular weight is 749 g/mol. The number of fused-ring (bicyclic) bond motifs is 1. The quantitative estimate of drug-likeness (QED) is 0.0607. The summed E-state index contributed by atoms with van der Waals surface area (Å²) in [7, 11) is 2.83. The van der Waals surface area contributed by atoms with Crippen molar-refractivity contribution in [3.63, 3.8) is 0 Å². The molecule has 6 N–H and O–H groups in total. The summed E-state index contributed by atoms with van der Waals surface area (Å²) in [6, 6.07) is 15.7. The number of methoxy groups -OCH3 is 2. The third-order valence-electron chi connectivity index (χ3n) is 8.28. The van der Waals surface area contributed by atoms with Crippen LogP contribution in [0.5, 0.6) is 46.0 Å². The van der Waals surface area contributed by atoms with Gasteiger partial charge in [0.1, 0.15) is 63.2 Å². The van der Waals surface area contributed by atoms with Gasteiger partial charge in [-0.15, -0.1) is 0 Å². The number of carbonyl (C=O) groups excluding carboxylic acids is 2. The summed E-state index contributed by atoms with van der Waals surface area (Å²) in [6.45, 7) is 7.75. The average Bonchev–Trinajstić information content (AvgIpc) is 3.10. The Labute approximate surface area is 337 Å². The van der Waals surface area contributed by atoms with E-state index in [1.54, 1.807) is 42.5 Å². The first-order chi connectivity index (χ1) is 24.7. The van der Waals surface area contributed by atoms with Gasteiger partial charge in [0.15, 0.2) is 11.6 Å². The van der Waals surface area contributed by atoms with Gasteiger partial charge < -0.3 is 45.2 Å². The number of benzene rings is 4. The Morgan fingerprint density at radius 2 is 1.28 bits per heavy atom. The third-order valence-corrected chi connectivity index (χ3v) is 8.28. The maximum Gasteiger partial charge on any atom is 1.00 e. The van der Waals surface area contributed by atoms with E-state index in [-0.39, 0.29) is 92.9 Å². The van der Waals surface area contributed by atoms with Crippen molar-refractivity contribution in [1.82, 2.24) is 0 Å². The second kappa shape index (κ2) is 20.3. The summed E-state index contributed by atoms with van der Waals surface area (Å²) in [5, 5.41) is 49.9. The Morgan fingerprint density at radius 1 is 0.778 bits per heavy atom. The van der Waals surface area contributed by atoms with Gasteiger partial charge in [0.2, 0.25) is 0 Å². The summed E-state index contributed by atoms with van der Waals surface area (Å²) >= 11 is 0. The fourth-order valence-corrected chi connectivity index (χ4v) is 5.47. The van der Waals surface area contributed by atoms with Crippen molar-refractivity contribution in [2.45, 2.75) is 53.1 Å². The smallest absolute Gasteiger partial charge is 0.870 e. The summed E-state index contributed by atoms with van der Waals surface area (Å²) < 4.78 is 16.6. The number of ketones is 2. The first kappa shape index (κ1) is 45.0. The molecule has 280 valence electrons. The van der Waals surface area contributed by atoms with E-state index >= 15 is 0 Å². The Kier molecular flexibility index (Phi) is 16.9. The Morgan fingerprint density at radius 3 is 1.81 bits per heavy atom. The maximum atomic E-state index is 12.8. The molecule has 0 spiro atoms. The number of phenols is 5. The number of carbonyl (C=O) groups is 2. The fraction of sp³-hybridized carbons (Fsp3) is 0.238. The molecule has 0 amide bonds. The molecule has 0 aliphatic carbocycles. The third kappa shape index (κ3) is 11.2. The summed E-state index contributed by atoms with van der Waals surface area (Å²) in [5.41, 5.74) is 4.85. The molecule has 11 nitrogen and oxygen atoms in total. The van der Waals surface area contributed by atoms with E-state index < -0.39 is 11.9 Å². The van der Waals surface area contributed by atoms with E-state index in [1.165, 1.54) is 44.6 Å². The van der Waals surface area contributed by atoms with Gasteiger partial charge >= 0.3 is 29.6 Å². The van der Waals surface area contributed by atoms with Crippen LogP contribution in [0.1, 0.15) is 83.2 Å². The number of phenolic OH excluding ortho intramolecular Hbond substituents is 5. The molecule has 0 saturated heterocycles. The molecule has 0 fully saturated rings. The SMILES string of the molecule is COc1cc(O)c(CC=C(C)C)c(O)c1C(=O)/C=C/c1ccc(O)cc1.COc1cc(O)c(CC=C(C)C)c2c1C(=O)CC(c1ccc(O)cc1)O2.[Na+].[OH-]. The van der Waals surface area contributed by atoms with Gasteiger partial charge in [-0.05, 0) is 82.0 Å². The van der Waals surface area contributed by atoms with Crippen molar-refractivity contribution in [3.8, 4) is 46.0 Å². The molecule has 0 radical (unpaired) electrons. The summed E-state index contributed by atoms with van der Waals surface area (Å²) in [6.07, 6.45) is 7.15. The van der Waals surface area contributed by atoms with Crippen LogP contribution in [0.25, 0.3) is 6.08 Å². The number of Topliss-reactive ketones (excluding diaryl/α,β-unsaturated/α-hetero) is 1. The molecule has 1 aliphatic rings. The van der Waals surface area contributed by atoms with Gasteiger partial charge in [-0.1, -0.05) is 53.6 Å². The predicted octanol–water partition coefficient (Wildman–Crippen LogP) is 5.37. The largest absolute Gasteiger partial charge is 1.00 e.